The monoisotopic (exact) mass is 476 g/mol. The smallest absolute Gasteiger partial charge is 0.383 e. The summed E-state index contributed by atoms with van der Waals surface area (Å²) in [5.41, 5.74) is -1.54. The van der Waals surface area contributed by atoms with E-state index in [1.54, 1.807) is 0 Å². The Morgan fingerprint density at radius 2 is 1.79 bits per heavy atom. The van der Waals surface area contributed by atoms with Gasteiger partial charge in [0.05, 0.1) is 27.0 Å². The maximum atomic E-state index is 12.9. The van der Waals surface area contributed by atoms with E-state index in [4.69, 9.17) is 35.4 Å². The van der Waals surface area contributed by atoms with Gasteiger partial charge in [0.25, 0.3) is 5.91 Å². The van der Waals surface area contributed by atoms with Gasteiger partial charge in [-0.05, 0) is 23.9 Å². The number of carbonyl (C=O) groups excluding carboxylic acids is 1. The third kappa shape index (κ3) is 5.23. The van der Waals surface area contributed by atoms with Crippen molar-refractivity contribution < 1.29 is 31.1 Å². The van der Waals surface area contributed by atoms with Crippen molar-refractivity contribution in [2.75, 3.05) is 12.3 Å². The molecule has 0 fully saturated rings. The average molecular weight is 477 g/mol. The Hall–Kier alpha value is -2.23. The second kappa shape index (κ2) is 8.25. The summed E-state index contributed by atoms with van der Waals surface area (Å²) >= 11 is 11.0. The summed E-state index contributed by atoms with van der Waals surface area (Å²) in [6, 6.07) is 0.997. The molecule has 0 aliphatic carbocycles. The van der Waals surface area contributed by atoms with Crippen LogP contribution < -0.4 is 11.1 Å². The predicted octanol–water partition coefficient (Wildman–Crippen LogP) is 4.76. The van der Waals surface area contributed by atoms with Crippen LogP contribution in [0.5, 0.6) is 0 Å². The van der Waals surface area contributed by atoms with E-state index in [1.807, 2.05) is 0 Å². The van der Waals surface area contributed by atoms with E-state index in [0.717, 1.165) is 0 Å². The highest BCUT2D eigenvalue weighted by atomic mass is 35.5. The first-order chi connectivity index (χ1) is 13.3. The minimum absolute atomic E-state index is 0.316. The molecule has 1 aromatic carbocycles. The Kier molecular flexibility index (Phi) is 6.56. The summed E-state index contributed by atoms with van der Waals surface area (Å²) in [5.74, 6) is 0.261. The molecule has 1 amide bonds. The SMILES string of the molecule is C#CCNC(=O)c1nn(-c2c(Cl)cc(C(F)(F)F)cc2Cl)c(N)c1SC(F)(F)F. The summed E-state index contributed by atoms with van der Waals surface area (Å²) in [5, 5.41) is 4.60. The molecule has 29 heavy (non-hydrogen) atoms. The van der Waals surface area contributed by atoms with Gasteiger partial charge in [-0.1, -0.05) is 29.1 Å². The number of thioether (sulfide) groups is 1. The standard InChI is InChI=1S/C15H8Cl2F6N4OS/c1-2-3-25-13(28)9-11(29-15(21,22)23)12(24)27(26-9)10-7(16)4-6(5-8(10)17)14(18,19)20/h1,4-5H,3,24H2,(H,25,28). The summed E-state index contributed by atoms with van der Waals surface area (Å²) in [6.45, 7) is -0.316. The molecule has 14 heteroatoms. The Labute approximate surface area is 173 Å². The topological polar surface area (TPSA) is 72.9 Å². The van der Waals surface area contributed by atoms with E-state index in [1.165, 1.54) is 0 Å². The molecular formula is C15H8Cl2F6N4OS. The van der Waals surface area contributed by atoms with Crippen molar-refractivity contribution >= 4 is 46.7 Å². The lowest BCUT2D eigenvalue weighted by atomic mass is 10.2. The fourth-order valence-corrected chi connectivity index (χ4v) is 3.40. The summed E-state index contributed by atoms with van der Waals surface area (Å²) in [6.07, 6.45) is 0.204. The van der Waals surface area contributed by atoms with E-state index in [2.05, 4.69) is 16.3 Å². The van der Waals surface area contributed by atoms with Gasteiger partial charge in [-0.2, -0.15) is 31.4 Å². The molecule has 0 aliphatic heterocycles. The number of hydrogen-bond donors (Lipinski definition) is 2. The number of benzene rings is 1. The van der Waals surface area contributed by atoms with Crippen LogP contribution in [-0.2, 0) is 6.18 Å². The molecule has 0 spiro atoms. The number of hydrogen-bond acceptors (Lipinski definition) is 4. The van der Waals surface area contributed by atoms with Crippen molar-refractivity contribution in [3.63, 3.8) is 0 Å². The Balaban J connectivity index is 2.68. The van der Waals surface area contributed by atoms with Crippen molar-refractivity contribution in [3.8, 4) is 18.0 Å². The third-order valence-corrected chi connectivity index (χ3v) is 4.63. The molecule has 0 bridgehead atoms. The molecule has 5 nitrogen and oxygen atoms in total. The number of terminal acetylenes is 1. The quantitative estimate of drug-likeness (QED) is 0.379. The van der Waals surface area contributed by atoms with Gasteiger partial charge >= 0.3 is 11.7 Å². The van der Waals surface area contributed by atoms with Crippen LogP contribution in [0.15, 0.2) is 17.0 Å². The molecule has 156 valence electrons. The van der Waals surface area contributed by atoms with Crippen molar-refractivity contribution in [3.05, 3.63) is 33.4 Å². The molecule has 0 atom stereocenters. The lowest BCUT2D eigenvalue weighted by molar-refractivity contribution is -0.137. The van der Waals surface area contributed by atoms with Gasteiger partial charge in [0, 0.05) is 0 Å². The largest absolute Gasteiger partial charge is 0.446 e. The molecule has 1 aromatic heterocycles. The van der Waals surface area contributed by atoms with Crippen LogP contribution in [0.3, 0.4) is 0 Å². The number of nitrogens with two attached hydrogens (primary N) is 1. The summed E-state index contributed by atoms with van der Waals surface area (Å²) in [4.78, 5) is 11.3. The minimum atomic E-state index is -4.85. The van der Waals surface area contributed by atoms with E-state index < -0.39 is 67.1 Å². The van der Waals surface area contributed by atoms with Crippen LogP contribution in [0.1, 0.15) is 16.1 Å². The number of aromatic nitrogens is 2. The highest BCUT2D eigenvalue weighted by Crippen LogP contribution is 2.44. The molecule has 2 aromatic rings. The van der Waals surface area contributed by atoms with Crippen molar-refractivity contribution in [1.29, 1.82) is 0 Å². The highest BCUT2D eigenvalue weighted by molar-refractivity contribution is 8.00. The molecule has 0 aliphatic rings. The second-order valence-corrected chi connectivity index (χ2v) is 7.09. The highest BCUT2D eigenvalue weighted by Gasteiger charge is 2.37. The Morgan fingerprint density at radius 1 is 1.24 bits per heavy atom. The fraction of sp³-hybridized carbons (Fsp3) is 0.200. The first kappa shape index (κ1) is 23.1. The third-order valence-electron chi connectivity index (χ3n) is 3.22. The number of halogens is 8. The zero-order valence-electron chi connectivity index (χ0n) is 13.8. The van der Waals surface area contributed by atoms with Crippen LogP contribution >= 0.6 is 35.0 Å². The lowest BCUT2D eigenvalue weighted by Crippen LogP contribution is -2.25. The number of nitrogens with zero attached hydrogens (tertiary/aromatic N) is 2. The molecule has 0 radical (unpaired) electrons. The zero-order chi connectivity index (χ0) is 22.1. The predicted molar refractivity (Wildman–Crippen MR) is 96.1 cm³/mol. The van der Waals surface area contributed by atoms with E-state index >= 15 is 0 Å². The Bertz CT molecular complexity index is 973. The van der Waals surface area contributed by atoms with Crippen molar-refractivity contribution in [2.24, 2.45) is 0 Å². The van der Waals surface area contributed by atoms with E-state index in [-0.39, 0.29) is 6.54 Å². The number of anilines is 1. The van der Waals surface area contributed by atoms with Gasteiger partial charge in [0.2, 0.25) is 0 Å². The zero-order valence-corrected chi connectivity index (χ0v) is 16.1. The molecule has 0 unspecified atom stereocenters. The number of carbonyl (C=O) groups is 1. The number of nitrogen functional groups attached to an aromatic ring is 1. The maximum Gasteiger partial charge on any atom is 0.446 e. The van der Waals surface area contributed by atoms with Crippen LogP contribution in [-0.4, -0.2) is 27.7 Å². The van der Waals surface area contributed by atoms with Crippen LogP contribution in [0, 0.1) is 12.3 Å². The van der Waals surface area contributed by atoms with Crippen LogP contribution in [0.25, 0.3) is 5.69 Å². The van der Waals surface area contributed by atoms with Crippen LogP contribution in [0.4, 0.5) is 32.2 Å². The van der Waals surface area contributed by atoms with Gasteiger partial charge in [-0.25, -0.2) is 4.68 Å². The van der Waals surface area contributed by atoms with Crippen molar-refractivity contribution in [1.82, 2.24) is 15.1 Å². The number of alkyl halides is 6. The van der Waals surface area contributed by atoms with Gasteiger partial charge in [0.1, 0.15) is 11.5 Å². The summed E-state index contributed by atoms with van der Waals surface area (Å²) in [7, 11) is 0. The van der Waals surface area contributed by atoms with E-state index in [0.29, 0.717) is 16.8 Å². The van der Waals surface area contributed by atoms with Crippen molar-refractivity contribution in [2.45, 2.75) is 16.6 Å². The minimum Gasteiger partial charge on any atom is -0.383 e. The molecule has 0 saturated heterocycles. The molecule has 3 N–H and O–H groups in total. The second-order valence-electron chi connectivity index (χ2n) is 5.20. The molecular weight excluding hydrogens is 469 g/mol. The first-order valence-electron chi connectivity index (χ1n) is 7.18. The fourth-order valence-electron chi connectivity index (χ4n) is 2.10. The van der Waals surface area contributed by atoms with Gasteiger partial charge < -0.3 is 11.1 Å². The maximum absolute atomic E-state index is 12.9. The first-order valence-corrected chi connectivity index (χ1v) is 8.76. The normalized spacial score (nSPS) is 12.0. The molecule has 0 saturated carbocycles. The molecule has 2 rings (SSSR count). The van der Waals surface area contributed by atoms with Crippen LogP contribution in [0.2, 0.25) is 10.0 Å². The van der Waals surface area contributed by atoms with Gasteiger partial charge in [0.15, 0.2) is 5.69 Å². The number of nitrogens with one attached hydrogen (secondary N) is 1. The Morgan fingerprint density at radius 3 is 2.24 bits per heavy atom. The van der Waals surface area contributed by atoms with Gasteiger partial charge in [-0.3, -0.25) is 4.79 Å². The summed E-state index contributed by atoms with van der Waals surface area (Å²) < 4.78 is 77.9. The molecule has 1 heterocycles. The average Bonchev–Trinajstić information content (AvgIpc) is 2.87. The van der Waals surface area contributed by atoms with E-state index in [9.17, 15) is 31.1 Å². The van der Waals surface area contributed by atoms with Gasteiger partial charge in [-0.15, -0.1) is 6.42 Å². The lowest BCUT2D eigenvalue weighted by Gasteiger charge is -2.13. The number of rotatable bonds is 4. The number of amides is 1.